The minimum Gasteiger partial charge on any atom is -0.389 e. The quantitative estimate of drug-likeness (QED) is 0.814. The molecule has 2 aromatic rings. The fourth-order valence-electron chi connectivity index (χ4n) is 1.74. The molecule has 1 aromatic carbocycles. The van der Waals surface area contributed by atoms with Gasteiger partial charge >= 0.3 is 0 Å². The van der Waals surface area contributed by atoms with E-state index in [0.717, 1.165) is 22.6 Å². The zero-order chi connectivity index (χ0) is 13.1. The van der Waals surface area contributed by atoms with Gasteiger partial charge in [-0.3, -0.25) is 0 Å². The average Bonchev–Trinajstić information content (AvgIpc) is 2.73. The Balaban J connectivity index is 2.24. The van der Waals surface area contributed by atoms with Crippen molar-refractivity contribution in [2.75, 3.05) is 5.32 Å². The fourth-order valence-corrected chi connectivity index (χ4v) is 1.91. The summed E-state index contributed by atoms with van der Waals surface area (Å²) in [5, 5.41) is 11.2. The van der Waals surface area contributed by atoms with E-state index in [4.69, 9.17) is 18.0 Å². The van der Waals surface area contributed by atoms with Gasteiger partial charge in [0.15, 0.2) is 5.82 Å². The van der Waals surface area contributed by atoms with Gasteiger partial charge in [0.2, 0.25) is 0 Å². The number of nitrogens with zero attached hydrogens (tertiary/aromatic N) is 3. The molecule has 0 amide bonds. The number of para-hydroxylation sites is 1. The first-order valence-electron chi connectivity index (χ1n) is 5.55. The molecule has 1 aromatic heterocycles. The summed E-state index contributed by atoms with van der Waals surface area (Å²) in [5.74, 6) is 0.854. The molecule has 0 unspecified atom stereocenters. The molecule has 3 N–H and O–H groups in total. The van der Waals surface area contributed by atoms with Crippen molar-refractivity contribution in [3.63, 3.8) is 0 Å². The molecule has 0 aliphatic rings. The highest BCUT2D eigenvalue weighted by Crippen LogP contribution is 2.21. The second-order valence-corrected chi connectivity index (χ2v) is 4.51. The van der Waals surface area contributed by atoms with E-state index in [9.17, 15) is 0 Å². The molecule has 2 rings (SSSR count). The maximum atomic E-state index is 5.72. The Labute approximate surface area is 111 Å². The van der Waals surface area contributed by atoms with Crippen LogP contribution in [0, 0.1) is 6.92 Å². The van der Waals surface area contributed by atoms with Crippen LogP contribution in [0.2, 0.25) is 0 Å². The van der Waals surface area contributed by atoms with Crippen molar-refractivity contribution in [1.29, 1.82) is 0 Å². The molecule has 0 bridgehead atoms. The summed E-state index contributed by atoms with van der Waals surface area (Å²) in [6.07, 6.45) is 1.67. The van der Waals surface area contributed by atoms with Crippen LogP contribution < -0.4 is 11.1 Å². The van der Waals surface area contributed by atoms with Gasteiger partial charge in [0, 0.05) is 18.3 Å². The normalized spacial score (nSPS) is 10.3. The SMILES string of the molecule is Cc1cccc(C(N)=S)c1NCc1nncn1C. The number of hydrogen-bond acceptors (Lipinski definition) is 4. The lowest BCUT2D eigenvalue weighted by Crippen LogP contribution is -2.15. The molecule has 1 heterocycles. The minimum absolute atomic E-state index is 0.388. The molecule has 94 valence electrons. The molecule has 6 heteroatoms. The summed E-state index contributed by atoms with van der Waals surface area (Å²) < 4.78 is 1.87. The van der Waals surface area contributed by atoms with Crippen LogP contribution in [0.4, 0.5) is 5.69 Å². The Bertz CT molecular complexity index is 576. The molecular weight excluding hydrogens is 246 g/mol. The number of hydrogen-bond donors (Lipinski definition) is 2. The molecule has 0 fully saturated rings. The number of rotatable bonds is 4. The molecule has 0 radical (unpaired) electrons. The predicted octanol–water partition coefficient (Wildman–Crippen LogP) is 1.37. The lowest BCUT2D eigenvalue weighted by atomic mass is 10.1. The number of thiocarbonyl (C=S) groups is 1. The van der Waals surface area contributed by atoms with E-state index in [1.165, 1.54) is 0 Å². The van der Waals surface area contributed by atoms with Crippen molar-refractivity contribution < 1.29 is 0 Å². The van der Waals surface area contributed by atoms with Crippen LogP contribution in [0.15, 0.2) is 24.5 Å². The van der Waals surface area contributed by atoms with Gasteiger partial charge in [-0.25, -0.2) is 0 Å². The fraction of sp³-hybridized carbons (Fsp3) is 0.250. The first kappa shape index (κ1) is 12.5. The van der Waals surface area contributed by atoms with Crippen molar-refractivity contribution in [3.05, 3.63) is 41.5 Å². The maximum absolute atomic E-state index is 5.72. The van der Waals surface area contributed by atoms with Gasteiger partial charge in [0.25, 0.3) is 0 Å². The van der Waals surface area contributed by atoms with E-state index in [-0.39, 0.29) is 0 Å². The van der Waals surface area contributed by atoms with E-state index in [2.05, 4.69) is 15.5 Å². The van der Waals surface area contributed by atoms with E-state index < -0.39 is 0 Å². The van der Waals surface area contributed by atoms with E-state index in [1.54, 1.807) is 6.33 Å². The van der Waals surface area contributed by atoms with Crippen molar-refractivity contribution in [1.82, 2.24) is 14.8 Å². The monoisotopic (exact) mass is 261 g/mol. The first-order valence-corrected chi connectivity index (χ1v) is 5.96. The standard InChI is InChI=1S/C12H15N5S/c1-8-4-3-5-9(12(13)18)11(8)14-6-10-16-15-7-17(10)2/h3-5,7,14H,6H2,1-2H3,(H2,13,18). The first-order chi connectivity index (χ1) is 8.59. The van der Waals surface area contributed by atoms with Gasteiger partial charge in [-0.15, -0.1) is 10.2 Å². The Morgan fingerprint density at radius 1 is 1.50 bits per heavy atom. The van der Waals surface area contributed by atoms with Crippen LogP contribution in [-0.4, -0.2) is 19.8 Å². The number of aryl methyl sites for hydroxylation is 2. The van der Waals surface area contributed by atoms with E-state index in [1.807, 2.05) is 36.7 Å². The summed E-state index contributed by atoms with van der Waals surface area (Å²) in [5.41, 5.74) is 8.63. The van der Waals surface area contributed by atoms with Gasteiger partial charge in [0.05, 0.1) is 6.54 Å². The Morgan fingerprint density at radius 3 is 2.89 bits per heavy atom. The molecular formula is C12H15N5S. The summed E-state index contributed by atoms with van der Waals surface area (Å²) >= 11 is 5.05. The molecule has 0 saturated carbocycles. The summed E-state index contributed by atoms with van der Waals surface area (Å²) in [4.78, 5) is 0.388. The predicted molar refractivity (Wildman–Crippen MR) is 75.4 cm³/mol. The zero-order valence-electron chi connectivity index (χ0n) is 10.3. The molecule has 0 aliphatic carbocycles. The number of nitrogens with two attached hydrogens (primary N) is 1. The summed E-state index contributed by atoms with van der Waals surface area (Å²) in [6.45, 7) is 2.59. The van der Waals surface area contributed by atoms with Crippen LogP contribution in [-0.2, 0) is 13.6 Å². The van der Waals surface area contributed by atoms with Gasteiger partial charge < -0.3 is 15.6 Å². The number of nitrogens with one attached hydrogen (secondary N) is 1. The number of aromatic nitrogens is 3. The van der Waals surface area contributed by atoms with Crippen molar-refractivity contribution in [3.8, 4) is 0 Å². The third-order valence-corrected chi connectivity index (χ3v) is 2.99. The Hall–Kier alpha value is -1.95. The minimum atomic E-state index is 0.388. The second-order valence-electron chi connectivity index (χ2n) is 4.07. The maximum Gasteiger partial charge on any atom is 0.151 e. The van der Waals surface area contributed by atoms with Crippen molar-refractivity contribution in [2.24, 2.45) is 12.8 Å². The molecule has 18 heavy (non-hydrogen) atoms. The molecule has 0 atom stereocenters. The zero-order valence-corrected chi connectivity index (χ0v) is 11.2. The van der Waals surface area contributed by atoms with Crippen LogP contribution in [0.5, 0.6) is 0 Å². The topological polar surface area (TPSA) is 68.8 Å². The molecule has 0 spiro atoms. The summed E-state index contributed by atoms with van der Waals surface area (Å²) in [7, 11) is 1.91. The van der Waals surface area contributed by atoms with E-state index in [0.29, 0.717) is 11.5 Å². The van der Waals surface area contributed by atoms with Gasteiger partial charge in [-0.2, -0.15) is 0 Å². The third kappa shape index (κ3) is 2.48. The Kier molecular flexibility index (Phi) is 3.57. The lowest BCUT2D eigenvalue weighted by Gasteiger charge is -2.13. The van der Waals surface area contributed by atoms with Crippen molar-refractivity contribution in [2.45, 2.75) is 13.5 Å². The number of benzene rings is 1. The van der Waals surface area contributed by atoms with Crippen LogP contribution in [0.1, 0.15) is 17.0 Å². The highest BCUT2D eigenvalue weighted by atomic mass is 32.1. The summed E-state index contributed by atoms with van der Waals surface area (Å²) in [6, 6.07) is 5.87. The molecule has 5 nitrogen and oxygen atoms in total. The highest BCUT2D eigenvalue weighted by molar-refractivity contribution is 7.80. The van der Waals surface area contributed by atoms with Gasteiger partial charge in [0.1, 0.15) is 11.3 Å². The van der Waals surface area contributed by atoms with Gasteiger partial charge in [-0.1, -0.05) is 24.4 Å². The largest absolute Gasteiger partial charge is 0.389 e. The van der Waals surface area contributed by atoms with Crippen molar-refractivity contribution >= 4 is 22.9 Å². The molecule has 0 saturated heterocycles. The smallest absolute Gasteiger partial charge is 0.151 e. The van der Waals surface area contributed by atoms with Gasteiger partial charge in [-0.05, 0) is 18.6 Å². The van der Waals surface area contributed by atoms with Crippen LogP contribution >= 0.6 is 12.2 Å². The van der Waals surface area contributed by atoms with E-state index >= 15 is 0 Å². The second kappa shape index (κ2) is 5.14. The average molecular weight is 261 g/mol. The van der Waals surface area contributed by atoms with Crippen LogP contribution in [0.25, 0.3) is 0 Å². The number of anilines is 1. The Morgan fingerprint density at radius 2 is 2.28 bits per heavy atom. The van der Waals surface area contributed by atoms with Crippen LogP contribution in [0.3, 0.4) is 0 Å². The third-order valence-electron chi connectivity index (χ3n) is 2.77. The highest BCUT2D eigenvalue weighted by Gasteiger charge is 2.08. The molecule has 0 aliphatic heterocycles. The lowest BCUT2D eigenvalue weighted by molar-refractivity contribution is 0.812.